The summed E-state index contributed by atoms with van der Waals surface area (Å²) in [6.07, 6.45) is 0.339. The van der Waals surface area contributed by atoms with Gasteiger partial charge >= 0.3 is 0 Å². The smallest absolute Gasteiger partial charge is 0.141 e. The highest BCUT2D eigenvalue weighted by molar-refractivity contribution is 5.38. The van der Waals surface area contributed by atoms with Crippen LogP contribution in [0.4, 0.5) is 8.78 Å². The van der Waals surface area contributed by atoms with Gasteiger partial charge in [-0.25, -0.2) is 8.78 Å². The Morgan fingerprint density at radius 1 is 0.789 bits per heavy atom. The van der Waals surface area contributed by atoms with Crippen molar-refractivity contribution in [1.29, 1.82) is 10.5 Å². The van der Waals surface area contributed by atoms with Crippen molar-refractivity contribution in [3.05, 3.63) is 70.3 Å². The summed E-state index contributed by atoms with van der Waals surface area (Å²) >= 11 is 0. The van der Waals surface area contributed by atoms with Crippen LogP contribution in [-0.2, 0) is 6.42 Å². The van der Waals surface area contributed by atoms with Crippen molar-refractivity contribution in [3.63, 3.8) is 0 Å². The first-order valence-electron chi connectivity index (χ1n) is 5.51. The van der Waals surface area contributed by atoms with Crippen LogP contribution >= 0.6 is 0 Å². The molecule has 0 aliphatic heterocycles. The molecule has 4 heteroatoms. The zero-order valence-electron chi connectivity index (χ0n) is 9.82. The Labute approximate surface area is 109 Å². The van der Waals surface area contributed by atoms with Gasteiger partial charge in [0.15, 0.2) is 0 Å². The van der Waals surface area contributed by atoms with Crippen LogP contribution in [0.2, 0.25) is 0 Å². The average Bonchev–Trinajstić information content (AvgIpc) is 2.39. The van der Waals surface area contributed by atoms with E-state index in [0.717, 1.165) is 0 Å². The van der Waals surface area contributed by atoms with Gasteiger partial charge in [0.2, 0.25) is 0 Å². The van der Waals surface area contributed by atoms with E-state index in [0.29, 0.717) is 17.5 Å². The normalized spacial score (nSPS) is 9.68. The van der Waals surface area contributed by atoms with Gasteiger partial charge in [-0.15, -0.1) is 0 Å². The Morgan fingerprint density at radius 2 is 1.21 bits per heavy atom. The number of nitrogens with zero attached hydrogens (tertiary/aromatic N) is 2. The number of nitriles is 2. The van der Waals surface area contributed by atoms with Gasteiger partial charge in [0.25, 0.3) is 0 Å². The van der Waals surface area contributed by atoms with Gasteiger partial charge in [0.1, 0.15) is 23.8 Å². The minimum atomic E-state index is -0.589. The summed E-state index contributed by atoms with van der Waals surface area (Å²) < 4.78 is 26.8. The predicted octanol–water partition coefficient (Wildman–Crippen LogP) is 3.30. The molecule has 2 nitrogen and oxygen atoms in total. The Hall–Kier alpha value is -2.72. The number of benzene rings is 2. The molecule has 0 saturated carbocycles. The molecule has 0 aliphatic rings. The number of rotatable bonds is 2. The van der Waals surface area contributed by atoms with Gasteiger partial charge in [-0.1, -0.05) is 12.1 Å². The maximum Gasteiger partial charge on any atom is 0.141 e. The molecule has 2 aromatic rings. The Kier molecular flexibility index (Phi) is 3.54. The average molecular weight is 254 g/mol. The Morgan fingerprint density at radius 3 is 1.53 bits per heavy atom. The van der Waals surface area contributed by atoms with Crippen LogP contribution in [0.1, 0.15) is 22.3 Å². The van der Waals surface area contributed by atoms with E-state index in [1.165, 1.54) is 24.3 Å². The first-order valence-corrected chi connectivity index (χ1v) is 5.51. The maximum atomic E-state index is 13.4. The molecule has 19 heavy (non-hydrogen) atoms. The summed E-state index contributed by atoms with van der Waals surface area (Å²) in [6.45, 7) is 0. The first-order chi connectivity index (χ1) is 9.13. The van der Waals surface area contributed by atoms with E-state index in [4.69, 9.17) is 10.5 Å². The molecule has 0 amide bonds. The van der Waals surface area contributed by atoms with Crippen molar-refractivity contribution in [2.24, 2.45) is 0 Å². The molecular weight excluding hydrogens is 246 g/mol. The first kappa shape index (κ1) is 12.7. The summed E-state index contributed by atoms with van der Waals surface area (Å²) in [4.78, 5) is 0. The molecule has 0 unspecified atom stereocenters. The Bertz CT molecular complexity index is 648. The molecule has 0 radical (unpaired) electrons. The quantitative estimate of drug-likeness (QED) is 0.825. The summed E-state index contributed by atoms with van der Waals surface area (Å²) in [5.74, 6) is -1.18. The van der Waals surface area contributed by atoms with Crippen molar-refractivity contribution in [2.75, 3.05) is 0 Å². The molecule has 0 fully saturated rings. The molecule has 0 N–H and O–H groups in total. The number of halogens is 2. The Balaban J connectivity index is 2.27. The molecule has 2 rings (SSSR count). The second-order valence-corrected chi connectivity index (χ2v) is 4.03. The van der Waals surface area contributed by atoms with Gasteiger partial charge in [0, 0.05) is 0 Å². The fourth-order valence-electron chi connectivity index (χ4n) is 1.75. The maximum absolute atomic E-state index is 13.4. The van der Waals surface area contributed by atoms with Crippen molar-refractivity contribution < 1.29 is 8.78 Å². The SMILES string of the molecule is N#Cc1ccc(Cc2ccc(C#N)c(F)c2)cc1F. The minimum absolute atomic E-state index is 0.0187. The van der Waals surface area contributed by atoms with Crippen LogP contribution in [-0.4, -0.2) is 0 Å². The fraction of sp³-hybridized carbons (Fsp3) is 0.0667. The summed E-state index contributed by atoms with van der Waals surface area (Å²) in [6, 6.07) is 12.0. The molecule has 2 aromatic carbocycles. The van der Waals surface area contributed by atoms with Gasteiger partial charge in [-0.2, -0.15) is 10.5 Å². The molecule has 0 atom stereocenters. The third kappa shape index (κ3) is 2.75. The molecule has 0 bridgehead atoms. The summed E-state index contributed by atoms with van der Waals surface area (Å²) in [7, 11) is 0. The zero-order valence-corrected chi connectivity index (χ0v) is 9.82. The van der Waals surface area contributed by atoms with E-state index >= 15 is 0 Å². The van der Waals surface area contributed by atoms with E-state index in [2.05, 4.69) is 0 Å². The molecular formula is C15H8F2N2. The van der Waals surface area contributed by atoms with E-state index in [9.17, 15) is 8.78 Å². The van der Waals surface area contributed by atoms with E-state index in [-0.39, 0.29) is 11.1 Å². The van der Waals surface area contributed by atoms with Crippen molar-refractivity contribution in [2.45, 2.75) is 6.42 Å². The topological polar surface area (TPSA) is 47.6 Å². The highest BCUT2D eigenvalue weighted by Gasteiger charge is 2.06. The van der Waals surface area contributed by atoms with Gasteiger partial charge in [0.05, 0.1) is 11.1 Å². The highest BCUT2D eigenvalue weighted by atomic mass is 19.1. The van der Waals surface area contributed by atoms with Gasteiger partial charge in [-0.3, -0.25) is 0 Å². The standard InChI is InChI=1S/C15H8F2N2/c16-14-6-10(1-3-12(14)8-18)5-11-2-4-13(9-19)15(17)7-11/h1-4,6-7H,5H2. The largest absolute Gasteiger partial charge is 0.206 e. The second-order valence-electron chi connectivity index (χ2n) is 4.03. The van der Waals surface area contributed by atoms with Crippen LogP contribution in [0.3, 0.4) is 0 Å². The third-order valence-electron chi connectivity index (χ3n) is 2.72. The van der Waals surface area contributed by atoms with Crippen molar-refractivity contribution >= 4 is 0 Å². The monoisotopic (exact) mass is 254 g/mol. The summed E-state index contributed by atoms with van der Waals surface area (Å²) in [5.41, 5.74) is 1.24. The lowest BCUT2D eigenvalue weighted by molar-refractivity contribution is 0.620. The van der Waals surface area contributed by atoms with Crippen molar-refractivity contribution in [3.8, 4) is 12.1 Å². The van der Waals surface area contributed by atoms with E-state index < -0.39 is 11.6 Å². The lowest BCUT2D eigenvalue weighted by atomic mass is 10.0. The van der Waals surface area contributed by atoms with Crippen LogP contribution < -0.4 is 0 Å². The van der Waals surface area contributed by atoms with Crippen LogP contribution in [0.5, 0.6) is 0 Å². The summed E-state index contributed by atoms with van der Waals surface area (Å²) in [5, 5.41) is 17.2. The molecule has 0 heterocycles. The van der Waals surface area contributed by atoms with Crippen LogP contribution in [0.25, 0.3) is 0 Å². The predicted molar refractivity (Wildman–Crippen MR) is 65.0 cm³/mol. The van der Waals surface area contributed by atoms with Gasteiger partial charge < -0.3 is 0 Å². The second kappa shape index (κ2) is 5.29. The lowest BCUT2D eigenvalue weighted by Crippen LogP contribution is -1.93. The van der Waals surface area contributed by atoms with Gasteiger partial charge in [-0.05, 0) is 41.8 Å². The van der Waals surface area contributed by atoms with Crippen LogP contribution in [0.15, 0.2) is 36.4 Å². The zero-order chi connectivity index (χ0) is 13.8. The lowest BCUT2D eigenvalue weighted by Gasteiger charge is -2.04. The van der Waals surface area contributed by atoms with Crippen molar-refractivity contribution in [1.82, 2.24) is 0 Å². The third-order valence-corrected chi connectivity index (χ3v) is 2.72. The number of hydrogen-bond donors (Lipinski definition) is 0. The molecule has 0 saturated heterocycles. The fourth-order valence-corrected chi connectivity index (χ4v) is 1.75. The minimum Gasteiger partial charge on any atom is -0.206 e. The van der Waals surface area contributed by atoms with Crippen LogP contribution in [0, 0.1) is 34.3 Å². The van der Waals surface area contributed by atoms with E-state index in [1.807, 2.05) is 0 Å². The van der Waals surface area contributed by atoms with E-state index in [1.54, 1.807) is 24.3 Å². The molecule has 0 aromatic heterocycles. The highest BCUT2D eigenvalue weighted by Crippen LogP contribution is 2.16. The molecule has 0 aliphatic carbocycles. The molecule has 92 valence electrons. The number of hydrogen-bond acceptors (Lipinski definition) is 2. The molecule has 0 spiro atoms.